The Balaban J connectivity index is 0.633. The van der Waals surface area contributed by atoms with Crippen molar-refractivity contribution in [2.45, 2.75) is 38.5 Å². The molecule has 17 rings (SSSR count). The fourth-order valence-corrected chi connectivity index (χ4v) is 15.0. The number of anilines is 6. The van der Waals surface area contributed by atoms with Crippen LogP contribution in [-0.2, 0) is 10.8 Å². The summed E-state index contributed by atoms with van der Waals surface area (Å²) < 4.78 is 0. The van der Waals surface area contributed by atoms with Crippen LogP contribution in [0.25, 0.3) is 111 Å². The van der Waals surface area contributed by atoms with E-state index >= 15 is 0 Å². The highest BCUT2D eigenvalue weighted by Gasteiger charge is 2.38. The molecule has 0 aromatic heterocycles. The van der Waals surface area contributed by atoms with Gasteiger partial charge >= 0.3 is 0 Å². The molecule has 2 nitrogen and oxygen atoms in total. The molecule has 0 amide bonds. The maximum absolute atomic E-state index is 2.48. The first-order chi connectivity index (χ1) is 44.1. The second kappa shape index (κ2) is 20.8. The third-order valence-electron chi connectivity index (χ3n) is 19.7. The van der Waals surface area contributed by atoms with E-state index in [0.29, 0.717) is 0 Å². The normalized spacial score (nSPS) is 13.6. The Hall–Kier alpha value is -11.1. The molecule has 0 spiro atoms. The SMILES string of the molecule is CC1(C)c2cc(/C=C/c3ccc(/C=C/c4ccc5c(c4)C(C)(C)c4cc(N(c6ccc7ccccc7c6)c6cc7ccccc7c7ccccc67)ccc4-5)cc3)ccc2-c2ccc(N(c3ccc4ccccc4c3)c3cc4ccccc4c4ccccc34)cc21. The number of fused-ring (bicyclic) bond motifs is 14. The number of hydrogen-bond donors (Lipinski definition) is 0. The van der Waals surface area contributed by atoms with Crippen molar-refractivity contribution in [3.05, 3.63) is 336 Å². The van der Waals surface area contributed by atoms with E-state index in [0.717, 1.165) is 22.7 Å². The van der Waals surface area contributed by atoms with Crippen LogP contribution >= 0.6 is 0 Å². The Kier molecular flexibility index (Phi) is 12.3. The molecule has 0 unspecified atom stereocenters. The average molecular weight is 1150 g/mol. The second-order valence-corrected chi connectivity index (χ2v) is 25.7. The van der Waals surface area contributed by atoms with Crippen LogP contribution < -0.4 is 9.80 Å². The predicted octanol–water partition coefficient (Wildman–Crippen LogP) is 24.5. The van der Waals surface area contributed by atoms with Gasteiger partial charge in [-0.1, -0.05) is 283 Å². The van der Waals surface area contributed by atoms with Crippen LogP contribution in [0.1, 0.15) is 72.2 Å². The van der Waals surface area contributed by atoms with Gasteiger partial charge in [0, 0.05) is 44.4 Å². The van der Waals surface area contributed by atoms with Crippen LogP contribution in [0.15, 0.2) is 291 Å². The fourth-order valence-electron chi connectivity index (χ4n) is 15.0. The molecule has 0 bridgehead atoms. The van der Waals surface area contributed by atoms with Crippen molar-refractivity contribution in [1.29, 1.82) is 0 Å². The monoisotopic (exact) mass is 1150 g/mol. The number of nitrogens with zero attached hydrogens (tertiary/aromatic N) is 2. The molecule has 15 aromatic carbocycles. The maximum Gasteiger partial charge on any atom is 0.0546 e. The van der Waals surface area contributed by atoms with Crippen LogP contribution in [-0.4, -0.2) is 0 Å². The molecule has 0 atom stereocenters. The maximum atomic E-state index is 2.48. The van der Waals surface area contributed by atoms with Crippen molar-refractivity contribution >= 4 is 123 Å². The quantitative estimate of drug-likeness (QED) is 0.0995. The zero-order chi connectivity index (χ0) is 60.2. The van der Waals surface area contributed by atoms with E-state index in [1.165, 1.54) is 143 Å². The first-order valence-corrected chi connectivity index (χ1v) is 31.5. The van der Waals surface area contributed by atoms with E-state index in [9.17, 15) is 0 Å². The van der Waals surface area contributed by atoms with Gasteiger partial charge in [-0.3, -0.25) is 0 Å². The van der Waals surface area contributed by atoms with E-state index in [-0.39, 0.29) is 10.8 Å². The van der Waals surface area contributed by atoms with E-state index in [1.807, 2.05) is 0 Å². The molecule has 0 fully saturated rings. The summed E-state index contributed by atoms with van der Waals surface area (Å²) in [5.41, 5.74) is 21.8. The molecule has 90 heavy (non-hydrogen) atoms. The zero-order valence-electron chi connectivity index (χ0n) is 50.9. The summed E-state index contributed by atoms with van der Waals surface area (Å²) in [6, 6.07) is 108. The van der Waals surface area contributed by atoms with E-state index < -0.39 is 0 Å². The minimum absolute atomic E-state index is 0.225. The summed E-state index contributed by atoms with van der Waals surface area (Å²) in [7, 11) is 0. The molecule has 0 radical (unpaired) electrons. The largest absolute Gasteiger partial charge is 0.310 e. The lowest BCUT2D eigenvalue weighted by Crippen LogP contribution is -2.17. The van der Waals surface area contributed by atoms with Gasteiger partial charge in [-0.05, 0) is 181 Å². The van der Waals surface area contributed by atoms with Crippen LogP contribution in [0.2, 0.25) is 0 Å². The molecule has 15 aromatic rings. The highest BCUT2D eigenvalue weighted by molar-refractivity contribution is 6.16. The minimum Gasteiger partial charge on any atom is -0.310 e. The van der Waals surface area contributed by atoms with Gasteiger partial charge in [0.1, 0.15) is 0 Å². The molecule has 0 aliphatic heterocycles. The minimum atomic E-state index is -0.225. The average Bonchev–Trinajstić information content (AvgIpc) is 1.47. The van der Waals surface area contributed by atoms with Gasteiger partial charge < -0.3 is 9.80 Å². The van der Waals surface area contributed by atoms with Crippen molar-refractivity contribution in [2.24, 2.45) is 0 Å². The van der Waals surface area contributed by atoms with Gasteiger partial charge in [0.2, 0.25) is 0 Å². The highest BCUT2D eigenvalue weighted by atomic mass is 15.1. The summed E-state index contributed by atoms with van der Waals surface area (Å²) in [5, 5.41) is 14.9. The molecular weight excluding hydrogens is 1080 g/mol. The molecule has 0 saturated carbocycles. The summed E-state index contributed by atoms with van der Waals surface area (Å²) >= 11 is 0. The standard InChI is InChI=1S/C88H64N2/c1-87(2)81-49-59(37-45-75(81)77-47-43-69(55-83(77)87)89(67-41-39-61-17-5-7-19-63(61)51-67)85-53-65-21-9-11-23-71(65)73-25-13-15-27-79(73)85)35-33-57-29-31-58(32-30-57)34-36-60-38-46-76-78-48-44-70(56-84(78)88(3,4)82(76)50-60)90(68-42-40-62-18-6-8-20-64(62)52-68)86-54-66-22-10-12-24-72(66)74-26-14-16-28-80(74)86/h5-56H,1-4H3/b35-33+,36-34+. The molecule has 426 valence electrons. The van der Waals surface area contributed by atoms with Crippen LogP contribution in [0.3, 0.4) is 0 Å². The third kappa shape index (κ3) is 8.77. The molecule has 0 saturated heterocycles. The van der Waals surface area contributed by atoms with Crippen molar-refractivity contribution in [3.8, 4) is 22.3 Å². The molecule has 2 aliphatic carbocycles. The van der Waals surface area contributed by atoms with Crippen molar-refractivity contribution in [2.75, 3.05) is 9.80 Å². The highest BCUT2D eigenvalue weighted by Crippen LogP contribution is 2.54. The second-order valence-electron chi connectivity index (χ2n) is 25.7. The third-order valence-corrected chi connectivity index (χ3v) is 19.7. The number of benzene rings is 15. The first kappa shape index (κ1) is 53.2. The number of rotatable bonds is 10. The van der Waals surface area contributed by atoms with Gasteiger partial charge in [0.15, 0.2) is 0 Å². The van der Waals surface area contributed by atoms with Gasteiger partial charge in [-0.25, -0.2) is 0 Å². The fraction of sp³-hybridized carbons (Fsp3) is 0.0682. The van der Waals surface area contributed by atoms with E-state index in [2.05, 4.69) is 353 Å². The first-order valence-electron chi connectivity index (χ1n) is 31.5. The Bertz CT molecular complexity index is 5160. The number of hydrogen-bond acceptors (Lipinski definition) is 2. The molecular formula is C88H64N2. The summed E-state index contributed by atoms with van der Waals surface area (Å²) in [4.78, 5) is 4.96. The van der Waals surface area contributed by atoms with Crippen molar-refractivity contribution in [1.82, 2.24) is 0 Å². The summed E-state index contributed by atoms with van der Waals surface area (Å²) in [5.74, 6) is 0. The van der Waals surface area contributed by atoms with Crippen molar-refractivity contribution in [3.63, 3.8) is 0 Å². The molecule has 2 heteroatoms. The summed E-state index contributed by atoms with van der Waals surface area (Å²) in [6.45, 7) is 9.56. The predicted molar refractivity (Wildman–Crippen MR) is 387 cm³/mol. The Labute approximate surface area is 526 Å². The Morgan fingerprint density at radius 1 is 0.222 bits per heavy atom. The molecule has 0 heterocycles. The van der Waals surface area contributed by atoms with E-state index in [1.54, 1.807) is 0 Å². The van der Waals surface area contributed by atoms with E-state index in [4.69, 9.17) is 0 Å². The Morgan fingerprint density at radius 3 is 0.922 bits per heavy atom. The van der Waals surface area contributed by atoms with Gasteiger partial charge in [-0.2, -0.15) is 0 Å². The van der Waals surface area contributed by atoms with Crippen LogP contribution in [0.4, 0.5) is 34.1 Å². The van der Waals surface area contributed by atoms with Gasteiger partial charge in [0.05, 0.1) is 11.4 Å². The topological polar surface area (TPSA) is 6.48 Å². The van der Waals surface area contributed by atoms with Gasteiger partial charge in [0.25, 0.3) is 0 Å². The lowest BCUT2D eigenvalue weighted by atomic mass is 9.81. The smallest absolute Gasteiger partial charge is 0.0546 e. The Morgan fingerprint density at radius 2 is 0.511 bits per heavy atom. The van der Waals surface area contributed by atoms with Crippen LogP contribution in [0.5, 0.6) is 0 Å². The summed E-state index contributed by atoms with van der Waals surface area (Å²) in [6.07, 6.45) is 9.02. The van der Waals surface area contributed by atoms with Crippen LogP contribution in [0, 0.1) is 0 Å². The molecule has 2 aliphatic rings. The zero-order valence-corrected chi connectivity index (χ0v) is 50.9. The van der Waals surface area contributed by atoms with Gasteiger partial charge in [-0.15, -0.1) is 0 Å². The lowest BCUT2D eigenvalue weighted by molar-refractivity contribution is 0.660. The van der Waals surface area contributed by atoms with Crippen molar-refractivity contribution < 1.29 is 0 Å². The lowest BCUT2D eigenvalue weighted by Gasteiger charge is -2.30. The molecule has 0 N–H and O–H groups in total.